The van der Waals surface area contributed by atoms with Crippen LogP contribution in [0, 0.1) is 0 Å². The van der Waals surface area contributed by atoms with Crippen LogP contribution in [0.15, 0.2) is 47.4 Å². The minimum Gasteiger partial charge on any atom is -0.295 e. The second kappa shape index (κ2) is 9.34. The lowest BCUT2D eigenvalue weighted by Crippen LogP contribution is -2.28. The molecule has 2 unspecified atom stereocenters. The third-order valence-electron chi connectivity index (χ3n) is 4.56. The molecule has 2 heterocycles. The van der Waals surface area contributed by atoms with Gasteiger partial charge < -0.3 is 0 Å². The van der Waals surface area contributed by atoms with Crippen LogP contribution >= 0.6 is 0 Å². The van der Waals surface area contributed by atoms with Gasteiger partial charge in [0.1, 0.15) is 24.8 Å². The number of aliphatic imine (C=N–C) groups is 2. The Morgan fingerprint density at radius 1 is 0.786 bits per heavy atom. The number of hydrogen-bond donors (Lipinski definition) is 0. The van der Waals surface area contributed by atoms with Gasteiger partial charge in [-0.05, 0) is 27.7 Å². The second-order valence-electron chi connectivity index (χ2n) is 7.13. The Morgan fingerprint density at radius 2 is 1.14 bits per heavy atom. The smallest absolute Gasteiger partial charge is 0.244 e. The first-order valence-electron chi connectivity index (χ1n) is 9.29. The largest absolute Gasteiger partial charge is 0.295 e. The summed E-state index contributed by atoms with van der Waals surface area (Å²) in [5.41, 5.74) is 1.49. The van der Waals surface area contributed by atoms with E-state index in [1.54, 1.807) is 13.8 Å². The molecular formula is C20H30N6O2+2. The Bertz CT molecular complexity index is 831. The van der Waals surface area contributed by atoms with Gasteiger partial charge in [0, 0.05) is 0 Å². The molecular weight excluding hydrogens is 356 g/mol. The molecule has 0 amide bonds. The van der Waals surface area contributed by atoms with Gasteiger partial charge in [0.2, 0.25) is 12.7 Å². The predicted molar refractivity (Wildman–Crippen MR) is 107 cm³/mol. The summed E-state index contributed by atoms with van der Waals surface area (Å²) in [7, 11) is 3.82. The Kier molecular flexibility index (Phi) is 7.14. The van der Waals surface area contributed by atoms with Crippen molar-refractivity contribution >= 4 is 23.0 Å². The first kappa shape index (κ1) is 21.4. The van der Waals surface area contributed by atoms with E-state index in [0.29, 0.717) is 13.1 Å². The third-order valence-corrected chi connectivity index (χ3v) is 4.56. The maximum Gasteiger partial charge on any atom is 0.244 e. The Balaban J connectivity index is 2.07. The molecule has 0 aromatic carbocycles. The number of hydrogen-bond acceptors (Lipinski definition) is 4. The van der Waals surface area contributed by atoms with Crippen LogP contribution in [0.25, 0.3) is 0 Å². The summed E-state index contributed by atoms with van der Waals surface area (Å²) in [6.45, 7) is 7.79. The summed E-state index contributed by atoms with van der Waals surface area (Å²) in [6, 6.07) is -0.813. The number of imidazole rings is 2. The van der Waals surface area contributed by atoms with Crippen LogP contribution in [0.2, 0.25) is 0 Å². The van der Waals surface area contributed by atoms with Crippen LogP contribution in [0.4, 0.5) is 0 Å². The van der Waals surface area contributed by atoms with Crippen molar-refractivity contribution in [2.75, 3.05) is 13.1 Å². The second-order valence-corrected chi connectivity index (χ2v) is 7.13. The average Bonchev–Trinajstić information content (AvgIpc) is 3.20. The molecule has 0 fully saturated rings. The lowest BCUT2D eigenvalue weighted by molar-refractivity contribution is -0.671. The van der Waals surface area contributed by atoms with Crippen molar-refractivity contribution in [2.45, 2.75) is 39.8 Å². The molecule has 28 heavy (non-hydrogen) atoms. The number of aryl methyl sites for hydroxylation is 2. The number of aromatic nitrogens is 4. The molecule has 0 aliphatic heterocycles. The van der Waals surface area contributed by atoms with Crippen molar-refractivity contribution in [2.24, 2.45) is 24.1 Å². The van der Waals surface area contributed by atoms with E-state index in [0.717, 1.165) is 11.4 Å². The molecule has 0 N–H and O–H groups in total. The third kappa shape index (κ3) is 5.31. The molecule has 8 nitrogen and oxygen atoms in total. The number of Topliss-reactive ketones (excluding diaryl/α,β-unsaturated/α-hetero) is 2. The van der Waals surface area contributed by atoms with E-state index in [1.807, 2.05) is 83.7 Å². The molecule has 2 rings (SSSR count). The van der Waals surface area contributed by atoms with Crippen molar-refractivity contribution in [3.05, 3.63) is 37.4 Å². The fourth-order valence-corrected chi connectivity index (χ4v) is 3.31. The summed E-state index contributed by atoms with van der Waals surface area (Å²) in [4.78, 5) is 33.3. The van der Waals surface area contributed by atoms with Gasteiger partial charge in [-0.2, -0.15) is 0 Å². The van der Waals surface area contributed by atoms with Crippen molar-refractivity contribution < 1.29 is 18.7 Å². The van der Waals surface area contributed by atoms with E-state index in [-0.39, 0.29) is 11.6 Å². The van der Waals surface area contributed by atoms with Gasteiger partial charge in [-0.15, -0.1) is 0 Å². The Labute approximate surface area is 165 Å². The number of carbonyl (C=O) groups excluding carboxylic acids is 2. The van der Waals surface area contributed by atoms with Crippen LogP contribution < -0.4 is 9.13 Å². The summed E-state index contributed by atoms with van der Waals surface area (Å²) in [5.74, 6) is 0.0727. The average molecular weight is 387 g/mol. The van der Waals surface area contributed by atoms with Crippen molar-refractivity contribution in [1.82, 2.24) is 9.13 Å². The lowest BCUT2D eigenvalue weighted by atomic mass is 10.1. The predicted octanol–water partition coefficient (Wildman–Crippen LogP) is 0.821. The van der Waals surface area contributed by atoms with E-state index in [1.165, 1.54) is 0 Å². The lowest BCUT2D eigenvalue weighted by Gasteiger charge is -2.11. The van der Waals surface area contributed by atoms with Gasteiger partial charge in [0.25, 0.3) is 0 Å². The van der Waals surface area contributed by atoms with E-state index in [4.69, 9.17) is 0 Å². The van der Waals surface area contributed by atoms with Crippen LogP contribution in [-0.2, 0) is 23.7 Å². The number of nitrogens with zero attached hydrogens (tertiary/aromatic N) is 6. The fraction of sp³-hybridized carbons (Fsp3) is 0.500. The first-order chi connectivity index (χ1) is 13.2. The number of carbonyl (C=O) groups is 2. The highest BCUT2D eigenvalue weighted by Gasteiger charge is 2.25. The van der Waals surface area contributed by atoms with Crippen molar-refractivity contribution in [3.8, 4) is 0 Å². The molecule has 0 bridgehead atoms. The highest BCUT2D eigenvalue weighted by Crippen LogP contribution is 2.11. The van der Waals surface area contributed by atoms with Gasteiger partial charge in [-0.3, -0.25) is 19.6 Å². The summed E-state index contributed by atoms with van der Waals surface area (Å²) in [5, 5.41) is 0. The summed E-state index contributed by atoms with van der Waals surface area (Å²) < 4.78 is 7.49. The van der Waals surface area contributed by atoms with Gasteiger partial charge in [-0.25, -0.2) is 18.3 Å². The normalized spacial score (nSPS) is 14.8. The Morgan fingerprint density at radius 3 is 1.39 bits per heavy atom. The van der Waals surface area contributed by atoms with E-state index in [9.17, 15) is 9.59 Å². The molecule has 0 aliphatic rings. The minimum atomic E-state index is -0.406. The molecule has 0 saturated heterocycles. The zero-order valence-corrected chi connectivity index (χ0v) is 17.5. The molecule has 150 valence electrons. The van der Waals surface area contributed by atoms with E-state index < -0.39 is 12.1 Å². The SMILES string of the molecule is CC(=O)C(C(C)=NCCN=C(C)C(C(C)=O)n1cc[n+](C)c1)n1cc[n+](C)c1. The zero-order valence-electron chi connectivity index (χ0n) is 17.5. The molecule has 8 heteroatoms. The van der Waals surface area contributed by atoms with Crippen LogP contribution in [0.1, 0.15) is 39.8 Å². The van der Waals surface area contributed by atoms with Gasteiger partial charge in [-0.1, -0.05) is 0 Å². The van der Waals surface area contributed by atoms with Crippen LogP contribution in [-0.4, -0.2) is 45.2 Å². The molecule has 0 saturated carbocycles. The molecule has 2 aromatic rings. The maximum atomic E-state index is 12.1. The maximum absolute atomic E-state index is 12.1. The summed E-state index contributed by atoms with van der Waals surface area (Å²) >= 11 is 0. The number of rotatable bonds is 9. The van der Waals surface area contributed by atoms with E-state index >= 15 is 0 Å². The highest BCUT2D eigenvalue weighted by molar-refractivity contribution is 6.05. The molecule has 2 aromatic heterocycles. The highest BCUT2D eigenvalue weighted by atomic mass is 16.1. The van der Waals surface area contributed by atoms with Gasteiger partial charge in [0.15, 0.2) is 23.7 Å². The monoisotopic (exact) mass is 386 g/mol. The van der Waals surface area contributed by atoms with Crippen LogP contribution in [0.5, 0.6) is 0 Å². The van der Waals surface area contributed by atoms with E-state index in [2.05, 4.69) is 9.98 Å². The number of ketones is 2. The minimum absolute atomic E-state index is 0.0363. The standard InChI is InChI=1S/C20H30N6O2/c1-15(19(17(3)27)25-11-9-23(5)13-25)21-7-8-22-16(2)20(18(4)28)26-12-10-24(6)14-26/h9-14,19-20H,7-8H2,1-6H3/q+2. The topological polar surface area (TPSA) is 76.5 Å². The molecule has 2 atom stereocenters. The Hall–Kier alpha value is -2.90. The quantitative estimate of drug-likeness (QED) is 0.363. The first-order valence-corrected chi connectivity index (χ1v) is 9.29. The van der Waals surface area contributed by atoms with Crippen molar-refractivity contribution in [1.29, 1.82) is 0 Å². The molecule has 0 aliphatic carbocycles. The zero-order chi connectivity index (χ0) is 20.8. The molecule has 0 spiro atoms. The van der Waals surface area contributed by atoms with Crippen LogP contribution in [0.3, 0.4) is 0 Å². The molecule has 0 radical (unpaired) electrons. The van der Waals surface area contributed by atoms with Crippen molar-refractivity contribution in [3.63, 3.8) is 0 Å². The fourth-order valence-electron chi connectivity index (χ4n) is 3.31. The summed E-state index contributed by atoms with van der Waals surface area (Å²) in [6.07, 6.45) is 11.2. The van der Waals surface area contributed by atoms with Gasteiger partial charge in [0.05, 0.1) is 38.6 Å². The van der Waals surface area contributed by atoms with Gasteiger partial charge >= 0.3 is 0 Å².